The molecule has 88 valence electrons. The van der Waals surface area contributed by atoms with Gasteiger partial charge < -0.3 is 4.74 Å². The zero-order chi connectivity index (χ0) is 10.3. The van der Waals surface area contributed by atoms with Crippen LogP contribution in [0.25, 0.3) is 0 Å². The van der Waals surface area contributed by atoms with Crippen LogP contribution in [0.5, 0.6) is 0 Å². The van der Waals surface area contributed by atoms with Crippen LogP contribution >= 0.6 is 0 Å². The Kier molecular flexibility index (Phi) is 4.86. The fourth-order valence-electron chi connectivity index (χ4n) is 2.24. The van der Waals surface area contributed by atoms with Gasteiger partial charge >= 0.3 is 0 Å². The van der Waals surface area contributed by atoms with Crippen LogP contribution < -0.4 is 5.43 Å². The molecular weight excluding hydrogens is 190 g/mol. The number of rotatable bonds is 4. The lowest BCUT2D eigenvalue weighted by atomic mass is 10.2. The molecule has 2 heterocycles. The van der Waals surface area contributed by atoms with Crippen molar-refractivity contribution in [2.75, 3.05) is 52.5 Å². The highest BCUT2D eigenvalue weighted by atomic mass is 16.5. The number of morpholine rings is 1. The molecule has 1 N–H and O–H groups in total. The highest BCUT2D eigenvalue weighted by Crippen LogP contribution is 2.05. The molecule has 0 amide bonds. The third-order valence-electron chi connectivity index (χ3n) is 3.22. The maximum Gasteiger partial charge on any atom is 0.0594 e. The second-order valence-corrected chi connectivity index (χ2v) is 4.41. The lowest BCUT2D eigenvalue weighted by Crippen LogP contribution is -2.46. The summed E-state index contributed by atoms with van der Waals surface area (Å²) in [7, 11) is 0. The van der Waals surface area contributed by atoms with Crippen molar-refractivity contribution in [2.24, 2.45) is 0 Å². The second-order valence-electron chi connectivity index (χ2n) is 4.41. The lowest BCUT2D eigenvalue weighted by Gasteiger charge is -2.30. The van der Waals surface area contributed by atoms with E-state index in [0.29, 0.717) is 0 Å². The van der Waals surface area contributed by atoms with Crippen molar-refractivity contribution in [3.8, 4) is 0 Å². The molecule has 2 fully saturated rings. The maximum absolute atomic E-state index is 5.32. The molecular formula is C11H23N3O. The van der Waals surface area contributed by atoms with Gasteiger partial charge in [-0.1, -0.05) is 6.42 Å². The van der Waals surface area contributed by atoms with Gasteiger partial charge in [0.2, 0.25) is 0 Å². The van der Waals surface area contributed by atoms with Crippen molar-refractivity contribution in [3.05, 3.63) is 0 Å². The Hall–Kier alpha value is -0.160. The standard InChI is InChI=1S/C11H23N3O/c1-2-5-14(6-3-1)12-4-7-13-8-10-15-11-9-13/h12H,1-11H2. The van der Waals surface area contributed by atoms with Gasteiger partial charge in [0.1, 0.15) is 0 Å². The van der Waals surface area contributed by atoms with Gasteiger partial charge in [-0.15, -0.1) is 0 Å². The number of hydrogen-bond donors (Lipinski definition) is 1. The maximum atomic E-state index is 5.32. The van der Waals surface area contributed by atoms with E-state index in [4.69, 9.17) is 4.74 Å². The Balaban J connectivity index is 1.53. The SMILES string of the molecule is C1CCN(NCCN2CCOCC2)CC1. The second kappa shape index (κ2) is 6.43. The average Bonchev–Trinajstić information content (AvgIpc) is 2.32. The minimum absolute atomic E-state index is 0.906. The first-order chi connectivity index (χ1) is 7.45. The van der Waals surface area contributed by atoms with E-state index in [9.17, 15) is 0 Å². The van der Waals surface area contributed by atoms with Crippen molar-refractivity contribution in [3.63, 3.8) is 0 Å². The number of nitrogens with one attached hydrogen (secondary N) is 1. The fraction of sp³-hybridized carbons (Fsp3) is 1.00. The average molecular weight is 213 g/mol. The Morgan fingerprint density at radius 2 is 1.67 bits per heavy atom. The molecule has 0 atom stereocenters. The topological polar surface area (TPSA) is 27.7 Å². The van der Waals surface area contributed by atoms with Gasteiger partial charge in [0.05, 0.1) is 13.2 Å². The van der Waals surface area contributed by atoms with Crippen LogP contribution in [-0.4, -0.2) is 62.4 Å². The first-order valence-electron chi connectivity index (χ1n) is 6.24. The van der Waals surface area contributed by atoms with Crippen LogP contribution in [0.1, 0.15) is 19.3 Å². The molecule has 0 aromatic heterocycles. The van der Waals surface area contributed by atoms with Crippen LogP contribution in [0.15, 0.2) is 0 Å². The molecule has 0 bridgehead atoms. The van der Waals surface area contributed by atoms with Crippen LogP contribution in [-0.2, 0) is 4.74 Å². The molecule has 0 aromatic rings. The predicted molar refractivity (Wildman–Crippen MR) is 60.7 cm³/mol. The minimum atomic E-state index is 0.906. The molecule has 15 heavy (non-hydrogen) atoms. The van der Waals surface area contributed by atoms with Gasteiger partial charge in [0.15, 0.2) is 0 Å². The van der Waals surface area contributed by atoms with Crippen LogP contribution in [0.3, 0.4) is 0 Å². The Morgan fingerprint density at radius 3 is 2.40 bits per heavy atom. The molecule has 2 aliphatic heterocycles. The molecule has 2 saturated heterocycles. The van der Waals surface area contributed by atoms with Gasteiger partial charge in [0.25, 0.3) is 0 Å². The van der Waals surface area contributed by atoms with Crippen LogP contribution in [0.4, 0.5) is 0 Å². The van der Waals surface area contributed by atoms with Gasteiger partial charge in [0, 0.05) is 39.3 Å². The molecule has 0 spiro atoms. The zero-order valence-electron chi connectivity index (χ0n) is 9.58. The Labute approximate surface area is 92.5 Å². The largest absolute Gasteiger partial charge is 0.379 e. The minimum Gasteiger partial charge on any atom is -0.379 e. The van der Waals surface area contributed by atoms with E-state index >= 15 is 0 Å². The third kappa shape index (κ3) is 4.07. The molecule has 2 aliphatic rings. The van der Waals surface area contributed by atoms with Gasteiger partial charge in [-0.2, -0.15) is 0 Å². The predicted octanol–water partition coefficient (Wildman–Crippen LogP) is 0.309. The van der Waals surface area contributed by atoms with Crippen molar-refractivity contribution < 1.29 is 4.74 Å². The number of nitrogens with zero attached hydrogens (tertiary/aromatic N) is 2. The van der Waals surface area contributed by atoms with E-state index in [1.54, 1.807) is 0 Å². The summed E-state index contributed by atoms with van der Waals surface area (Å²) in [5, 5.41) is 2.38. The van der Waals surface area contributed by atoms with Crippen molar-refractivity contribution in [2.45, 2.75) is 19.3 Å². The highest BCUT2D eigenvalue weighted by Gasteiger charge is 2.11. The summed E-state index contributed by atoms with van der Waals surface area (Å²) in [6, 6.07) is 0. The number of hydrazine groups is 1. The monoisotopic (exact) mass is 213 g/mol. The highest BCUT2D eigenvalue weighted by molar-refractivity contribution is 4.64. The summed E-state index contributed by atoms with van der Waals surface area (Å²) in [5.74, 6) is 0. The smallest absolute Gasteiger partial charge is 0.0594 e. The van der Waals surface area contributed by atoms with Gasteiger partial charge in [-0.25, -0.2) is 5.01 Å². The van der Waals surface area contributed by atoms with Crippen molar-refractivity contribution in [1.82, 2.24) is 15.3 Å². The summed E-state index contributed by atoms with van der Waals surface area (Å²) < 4.78 is 5.32. The van der Waals surface area contributed by atoms with E-state index in [1.807, 2.05) is 0 Å². The quantitative estimate of drug-likeness (QED) is 0.727. The van der Waals surface area contributed by atoms with E-state index in [2.05, 4.69) is 15.3 Å². The van der Waals surface area contributed by atoms with Gasteiger partial charge in [-0.05, 0) is 12.8 Å². The van der Waals surface area contributed by atoms with E-state index < -0.39 is 0 Å². The van der Waals surface area contributed by atoms with E-state index in [0.717, 1.165) is 39.4 Å². The third-order valence-corrected chi connectivity index (χ3v) is 3.22. The molecule has 4 nitrogen and oxygen atoms in total. The zero-order valence-corrected chi connectivity index (χ0v) is 9.58. The Bertz CT molecular complexity index is 147. The molecule has 0 aliphatic carbocycles. The van der Waals surface area contributed by atoms with Crippen LogP contribution in [0.2, 0.25) is 0 Å². The summed E-state index contributed by atoms with van der Waals surface area (Å²) in [5.41, 5.74) is 3.52. The molecule has 4 heteroatoms. The lowest BCUT2D eigenvalue weighted by molar-refractivity contribution is 0.0343. The van der Waals surface area contributed by atoms with E-state index in [1.165, 1.54) is 32.4 Å². The summed E-state index contributed by atoms with van der Waals surface area (Å²) in [6.45, 7) is 8.70. The van der Waals surface area contributed by atoms with Crippen molar-refractivity contribution in [1.29, 1.82) is 0 Å². The molecule has 2 rings (SSSR count). The molecule has 0 saturated carbocycles. The summed E-state index contributed by atoms with van der Waals surface area (Å²) in [4.78, 5) is 2.47. The number of piperidine rings is 1. The van der Waals surface area contributed by atoms with Crippen LogP contribution in [0, 0.1) is 0 Å². The Morgan fingerprint density at radius 1 is 0.933 bits per heavy atom. The molecule has 0 aromatic carbocycles. The summed E-state index contributed by atoms with van der Waals surface area (Å²) >= 11 is 0. The van der Waals surface area contributed by atoms with Crippen molar-refractivity contribution >= 4 is 0 Å². The normalized spacial score (nSPS) is 25.6. The summed E-state index contributed by atoms with van der Waals surface area (Å²) in [6.07, 6.45) is 4.11. The van der Waals surface area contributed by atoms with Gasteiger partial charge in [-0.3, -0.25) is 10.3 Å². The molecule has 0 unspecified atom stereocenters. The van der Waals surface area contributed by atoms with E-state index in [-0.39, 0.29) is 0 Å². The first-order valence-corrected chi connectivity index (χ1v) is 6.24. The number of ether oxygens (including phenoxy) is 1. The molecule has 0 radical (unpaired) electrons. The first kappa shape index (κ1) is 11.3. The fourth-order valence-corrected chi connectivity index (χ4v) is 2.24. The number of hydrogen-bond acceptors (Lipinski definition) is 4.